The molecule has 2 aromatic rings. The van der Waals surface area contributed by atoms with E-state index in [4.69, 9.17) is 0 Å². The second-order valence-electron chi connectivity index (χ2n) is 6.12. The van der Waals surface area contributed by atoms with Crippen LogP contribution in [0.2, 0.25) is 0 Å². The molecule has 0 saturated heterocycles. The Labute approximate surface area is 145 Å². The van der Waals surface area contributed by atoms with Gasteiger partial charge < -0.3 is 9.47 Å². The van der Waals surface area contributed by atoms with E-state index >= 15 is 0 Å². The smallest absolute Gasteiger partial charge is 0.320 e. The second-order valence-corrected chi connectivity index (χ2v) is 6.12. The lowest BCUT2D eigenvalue weighted by Crippen LogP contribution is -2.36. The molecule has 0 spiro atoms. The van der Waals surface area contributed by atoms with Gasteiger partial charge in [-0.15, -0.1) is 0 Å². The van der Waals surface area contributed by atoms with Crippen molar-refractivity contribution in [2.75, 3.05) is 14.2 Å². The summed E-state index contributed by atoms with van der Waals surface area (Å²) in [6.45, 7) is 5.39. The monoisotopic (exact) mass is 346 g/mol. The minimum absolute atomic E-state index is 0.000698. The molecule has 134 valence electrons. The molecule has 1 atom stereocenters. The predicted octanol–water partition coefficient (Wildman–Crippen LogP) is 2.24. The van der Waals surface area contributed by atoms with Gasteiger partial charge in [0.25, 0.3) is 0 Å². The summed E-state index contributed by atoms with van der Waals surface area (Å²) in [7, 11) is 2.34. The Morgan fingerprint density at radius 1 is 1.04 bits per heavy atom. The summed E-state index contributed by atoms with van der Waals surface area (Å²) in [5.41, 5.74) is 1.67. The third-order valence-corrected chi connectivity index (χ3v) is 4.18. The number of methoxy groups -OCH3 is 2. The number of pyridine rings is 1. The Bertz CT molecular complexity index is 793. The van der Waals surface area contributed by atoms with Crippen molar-refractivity contribution >= 4 is 23.2 Å². The molecule has 7 nitrogen and oxygen atoms in total. The average Bonchev–Trinajstić information content (AvgIpc) is 3.00. The molecule has 2 rings (SSSR count). The summed E-state index contributed by atoms with van der Waals surface area (Å²) in [6, 6.07) is 5.40. The minimum atomic E-state index is -1.32. The lowest BCUT2D eigenvalue weighted by molar-refractivity contribution is -0.160. The summed E-state index contributed by atoms with van der Waals surface area (Å²) in [4.78, 5) is 37.2. The average molecular weight is 346 g/mol. The number of ether oxygens (including phenoxy) is 2. The molecule has 0 aliphatic carbocycles. The fraction of sp³-hybridized carbons (Fsp3) is 0.444. The number of Topliss-reactive ketones (excluding diaryl/α,β-unsaturated/α-hetero) is 1. The Kier molecular flexibility index (Phi) is 5.56. The van der Waals surface area contributed by atoms with Crippen molar-refractivity contribution in [2.45, 2.75) is 26.7 Å². The minimum Gasteiger partial charge on any atom is -0.468 e. The van der Waals surface area contributed by atoms with E-state index in [0.29, 0.717) is 16.8 Å². The Hall–Kier alpha value is -2.70. The quantitative estimate of drug-likeness (QED) is 0.453. The van der Waals surface area contributed by atoms with E-state index < -0.39 is 23.8 Å². The molecule has 1 unspecified atom stereocenters. The highest BCUT2D eigenvalue weighted by molar-refractivity contribution is 6.09. The molecule has 0 saturated carbocycles. The van der Waals surface area contributed by atoms with E-state index in [1.807, 2.05) is 19.9 Å². The van der Waals surface area contributed by atoms with E-state index in [-0.39, 0.29) is 11.7 Å². The third kappa shape index (κ3) is 3.40. The van der Waals surface area contributed by atoms with Gasteiger partial charge in [-0.25, -0.2) is 4.52 Å². The molecule has 0 fully saturated rings. The molecule has 25 heavy (non-hydrogen) atoms. The molecule has 0 bridgehead atoms. The van der Waals surface area contributed by atoms with Crippen molar-refractivity contribution in [3.05, 3.63) is 35.7 Å². The van der Waals surface area contributed by atoms with Gasteiger partial charge in [0.2, 0.25) is 0 Å². The summed E-state index contributed by atoms with van der Waals surface area (Å²) < 4.78 is 11.0. The van der Waals surface area contributed by atoms with Gasteiger partial charge in [0.05, 0.1) is 31.0 Å². The van der Waals surface area contributed by atoms with Crippen molar-refractivity contribution in [1.29, 1.82) is 0 Å². The molecular weight excluding hydrogens is 324 g/mol. The third-order valence-electron chi connectivity index (χ3n) is 4.18. The van der Waals surface area contributed by atoms with Crippen LogP contribution in [0.25, 0.3) is 5.52 Å². The van der Waals surface area contributed by atoms with Gasteiger partial charge in [-0.2, -0.15) is 5.10 Å². The van der Waals surface area contributed by atoms with Crippen molar-refractivity contribution < 1.29 is 23.9 Å². The molecule has 0 radical (unpaired) electrons. The molecule has 0 aliphatic rings. The van der Waals surface area contributed by atoms with Crippen LogP contribution in [-0.2, 0) is 19.1 Å². The summed E-state index contributed by atoms with van der Waals surface area (Å²) >= 11 is 0. The summed E-state index contributed by atoms with van der Waals surface area (Å²) in [5, 5.41) is 4.47. The zero-order chi connectivity index (χ0) is 18.7. The molecule has 7 heteroatoms. The first kappa shape index (κ1) is 18.6. The Morgan fingerprint density at radius 3 is 2.16 bits per heavy atom. The van der Waals surface area contributed by atoms with Gasteiger partial charge in [-0.1, -0.05) is 26.8 Å². The predicted molar refractivity (Wildman–Crippen MR) is 90.3 cm³/mol. The van der Waals surface area contributed by atoms with Crippen molar-refractivity contribution in [3.8, 4) is 0 Å². The molecule has 2 aromatic heterocycles. The molecule has 0 amide bonds. The van der Waals surface area contributed by atoms with Crippen LogP contribution in [0.1, 0.15) is 42.7 Å². The lowest BCUT2D eigenvalue weighted by atomic mass is 9.85. The first-order chi connectivity index (χ1) is 11.8. The van der Waals surface area contributed by atoms with Gasteiger partial charge in [0, 0.05) is 12.1 Å². The standard InChI is InChI=1S/C18H22N2O5/c1-10(2)15-14(12-8-6-7-9-20(12)19-15)16(21)11(3)13(17(22)24-4)18(23)25-5/h6-11,13H,1-5H3. The number of hydrogen-bond donors (Lipinski definition) is 0. The number of ketones is 1. The van der Waals surface area contributed by atoms with Crippen molar-refractivity contribution in [3.63, 3.8) is 0 Å². The van der Waals surface area contributed by atoms with Crippen LogP contribution in [0.15, 0.2) is 24.4 Å². The SMILES string of the molecule is COC(=O)C(C(=O)OC)C(C)C(=O)c1c(C(C)C)nn2ccccc12. The van der Waals surface area contributed by atoms with E-state index in [1.165, 1.54) is 21.1 Å². The number of rotatable bonds is 6. The number of carbonyl (C=O) groups is 3. The number of fused-ring (bicyclic) bond motifs is 1. The van der Waals surface area contributed by atoms with Crippen LogP contribution in [-0.4, -0.2) is 41.6 Å². The highest BCUT2D eigenvalue weighted by Gasteiger charge is 2.40. The second kappa shape index (κ2) is 7.46. The van der Waals surface area contributed by atoms with Gasteiger partial charge >= 0.3 is 11.9 Å². The maximum absolute atomic E-state index is 13.2. The number of nitrogens with zero attached hydrogens (tertiary/aromatic N) is 2. The van der Waals surface area contributed by atoms with Crippen LogP contribution in [0.4, 0.5) is 0 Å². The first-order valence-electron chi connectivity index (χ1n) is 8.00. The van der Waals surface area contributed by atoms with E-state index in [9.17, 15) is 14.4 Å². The maximum Gasteiger partial charge on any atom is 0.320 e. The van der Waals surface area contributed by atoms with Crippen LogP contribution in [0.3, 0.4) is 0 Å². The number of hydrogen-bond acceptors (Lipinski definition) is 6. The van der Waals surface area contributed by atoms with E-state index in [2.05, 4.69) is 14.6 Å². The van der Waals surface area contributed by atoms with Gasteiger partial charge in [-0.3, -0.25) is 14.4 Å². The van der Waals surface area contributed by atoms with Crippen LogP contribution in [0, 0.1) is 11.8 Å². The largest absolute Gasteiger partial charge is 0.468 e. The number of esters is 2. The molecule has 0 aromatic carbocycles. The highest BCUT2D eigenvalue weighted by Crippen LogP contribution is 2.28. The molecule has 2 heterocycles. The Balaban J connectivity index is 2.55. The van der Waals surface area contributed by atoms with Crippen LogP contribution < -0.4 is 0 Å². The Morgan fingerprint density at radius 2 is 1.64 bits per heavy atom. The van der Waals surface area contributed by atoms with Crippen molar-refractivity contribution in [2.24, 2.45) is 11.8 Å². The molecule has 0 aliphatic heterocycles. The van der Waals surface area contributed by atoms with Crippen LogP contribution >= 0.6 is 0 Å². The normalized spacial score (nSPS) is 12.4. The topological polar surface area (TPSA) is 87.0 Å². The van der Waals surface area contributed by atoms with Gasteiger partial charge in [0.1, 0.15) is 0 Å². The summed E-state index contributed by atoms with van der Waals surface area (Å²) in [6.07, 6.45) is 1.75. The zero-order valence-electron chi connectivity index (χ0n) is 15.0. The summed E-state index contributed by atoms with van der Waals surface area (Å²) in [5.74, 6) is -4.19. The maximum atomic E-state index is 13.2. The molecular formula is C18H22N2O5. The first-order valence-corrected chi connectivity index (χ1v) is 8.00. The zero-order valence-corrected chi connectivity index (χ0v) is 15.0. The van der Waals surface area contributed by atoms with E-state index in [0.717, 1.165) is 0 Å². The number of aromatic nitrogens is 2. The van der Waals surface area contributed by atoms with Gasteiger partial charge in [-0.05, 0) is 18.1 Å². The van der Waals surface area contributed by atoms with Crippen LogP contribution in [0.5, 0.6) is 0 Å². The van der Waals surface area contributed by atoms with E-state index in [1.54, 1.807) is 22.8 Å². The van der Waals surface area contributed by atoms with Crippen molar-refractivity contribution in [1.82, 2.24) is 9.61 Å². The highest BCUT2D eigenvalue weighted by atomic mass is 16.5. The van der Waals surface area contributed by atoms with Gasteiger partial charge in [0.15, 0.2) is 11.7 Å². The lowest BCUT2D eigenvalue weighted by Gasteiger charge is -2.19. The fourth-order valence-electron chi connectivity index (χ4n) is 2.81. The number of carbonyl (C=O) groups excluding carboxylic acids is 3. The fourth-order valence-corrected chi connectivity index (χ4v) is 2.81. The molecule has 0 N–H and O–H groups in total.